The lowest BCUT2D eigenvalue weighted by Gasteiger charge is -2.22. The van der Waals surface area contributed by atoms with E-state index in [-0.39, 0.29) is 36.8 Å². The van der Waals surface area contributed by atoms with Crippen LogP contribution in [0, 0.1) is 0 Å². The highest BCUT2D eigenvalue weighted by Crippen LogP contribution is 2.05. The zero-order valence-electron chi connectivity index (χ0n) is 12.9. The third-order valence-electron chi connectivity index (χ3n) is 3.11. The molecule has 1 aliphatic heterocycles. The fourth-order valence-corrected chi connectivity index (χ4v) is 2.02. The second-order valence-electron chi connectivity index (χ2n) is 5.25. The quantitative estimate of drug-likeness (QED) is 0.783. The van der Waals surface area contributed by atoms with Crippen molar-refractivity contribution in [2.45, 2.75) is 19.0 Å². The zero-order valence-corrected chi connectivity index (χ0v) is 14.6. The Hall–Kier alpha value is -0.860. The highest BCUT2D eigenvalue weighted by molar-refractivity contribution is 5.90. The molecule has 0 bridgehead atoms. The first kappa shape index (κ1) is 21.1. The van der Waals surface area contributed by atoms with Crippen molar-refractivity contribution >= 4 is 36.5 Å². The number of nitrogens with one attached hydrogen (secondary N) is 2. The molecule has 2 N–H and O–H groups in total. The molecule has 0 radical (unpaired) electrons. The van der Waals surface area contributed by atoms with Gasteiger partial charge < -0.3 is 20.3 Å². The number of carbonyl (C=O) groups is 1. The van der Waals surface area contributed by atoms with Gasteiger partial charge in [0.1, 0.15) is 0 Å². The maximum Gasteiger partial charge on any atom is 0.227 e. The largest absolute Gasteiger partial charge is 0.378 e. The van der Waals surface area contributed by atoms with Gasteiger partial charge in [-0.1, -0.05) is 0 Å². The highest BCUT2D eigenvalue weighted by Gasteiger charge is 2.17. The van der Waals surface area contributed by atoms with Gasteiger partial charge in [0, 0.05) is 37.8 Å². The monoisotopic (exact) mass is 353 g/mol. The number of amides is 1. The van der Waals surface area contributed by atoms with Crippen LogP contribution < -0.4 is 10.6 Å². The first-order valence-electron chi connectivity index (χ1n) is 6.92. The van der Waals surface area contributed by atoms with Crippen LogP contribution in [-0.2, 0) is 16.1 Å². The van der Waals surface area contributed by atoms with E-state index < -0.39 is 0 Å². The molecule has 2 rings (SSSR count). The number of halogens is 2. The summed E-state index contributed by atoms with van der Waals surface area (Å²) in [5, 5.41) is 10.4. The van der Waals surface area contributed by atoms with Gasteiger partial charge in [0.25, 0.3) is 0 Å². The number of rotatable bonds is 6. The van der Waals surface area contributed by atoms with Crippen LogP contribution in [0.3, 0.4) is 0 Å². The van der Waals surface area contributed by atoms with E-state index in [9.17, 15) is 4.79 Å². The van der Waals surface area contributed by atoms with Crippen LogP contribution in [0.4, 0.5) is 5.82 Å². The highest BCUT2D eigenvalue weighted by atomic mass is 35.5. The normalized spacial score (nSPS) is 17.5. The van der Waals surface area contributed by atoms with Crippen molar-refractivity contribution in [3.63, 3.8) is 0 Å². The summed E-state index contributed by atoms with van der Waals surface area (Å²) < 4.78 is 7.16. The molecule has 1 saturated heterocycles. The molecule has 1 amide bonds. The Kier molecular flexibility index (Phi) is 10.4. The summed E-state index contributed by atoms with van der Waals surface area (Å²) in [5.41, 5.74) is 0. The molecule has 1 aliphatic rings. The van der Waals surface area contributed by atoms with Crippen molar-refractivity contribution in [3.05, 3.63) is 12.3 Å². The Morgan fingerprint density at radius 3 is 2.95 bits per heavy atom. The van der Waals surface area contributed by atoms with E-state index in [1.807, 2.05) is 31.0 Å². The first-order valence-corrected chi connectivity index (χ1v) is 6.92. The van der Waals surface area contributed by atoms with Crippen LogP contribution in [0.5, 0.6) is 0 Å². The molecule has 9 heteroatoms. The number of ether oxygens (including phenoxy) is 1. The second kappa shape index (κ2) is 10.8. The molecule has 1 fully saturated rings. The smallest absolute Gasteiger partial charge is 0.227 e. The summed E-state index contributed by atoms with van der Waals surface area (Å²) in [6, 6.07) is 1.91. The van der Waals surface area contributed by atoms with Gasteiger partial charge in [-0.05, 0) is 14.1 Å². The molecule has 128 valence electrons. The predicted octanol–water partition coefficient (Wildman–Crippen LogP) is 0.605. The summed E-state index contributed by atoms with van der Waals surface area (Å²) in [6.07, 6.45) is 2.28. The minimum absolute atomic E-state index is 0. The number of likely N-dealkylation sites (N-methyl/N-ethyl adjacent to an activating group) is 1. The average Bonchev–Trinajstić information content (AvgIpc) is 2.85. The Labute approximate surface area is 143 Å². The van der Waals surface area contributed by atoms with Gasteiger partial charge in [-0.3, -0.25) is 9.48 Å². The number of morpholine rings is 1. The van der Waals surface area contributed by atoms with Crippen LogP contribution in [0.2, 0.25) is 0 Å². The minimum atomic E-state index is -0.0362. The van der Waals surface area contributed by atoms with Gasteiger partial charge in [0.15, 0.2) is 5.82 Å². The van der Waals surface area contributed by atoms with Crippen molar-refractivity contribution in [2.75, 3.05) is 45.7 Å². The van der Waals surface area contributed by atoms with Crippen LogP contribution in [0.25, 0.3) is 0 Å². The van der Waals surface area contributed by atoms with Crippen LogP contribution >= 0.6 is 24.8 Å². The Bertz CT molecular complexity index is 436. The fourth-order valence-electron chi connectivity index (χ4n) is 2.02. The minimum Gasteiger partial charge on any atom is -0.378 e. The van der Waals surface area contributed by atoms with E-state index >= 15 is 0 Å². The van der Waals surface area contributed by atoms with Crippen molar-refractivity contribution in [2.24, 2.45) is 0 Å². The Morgan fingerprint density at radius 1 is 1.55 bits per heavy atom. The van der Waals surface area contributed by atoms with Gasteiger partial charge in [0.2, 0.25) is 5.91 Å². The lowest BCUT2D eigenvalue weighted by Crippen LogP contribution is -2.43. The van der Waals surface area contributed by atoms with Gasteiger partial charge in [-0.2, -0.15) is 5.10 Å². The summed E-state index contributed by atoms with van der Waals surface area (Å²) in [6.45, 7) is 3.83. The van der Waals surface area contributed by atoms with Crippen LogP contribution in [0.1, 0.15) is 6.42 Å². The molecule has 1 aromatic rings. The van der Waals surface area contributed by atoms with E-state index in [0.717, 1.165) is 19.6 Å². The van der Waals surface area contributed by atoms with Gasteiger partial charge in [-0.15, -0.1) is 24.8 Å². The fraction of sp³-hybridized carbons (Fsp3) is 0.692. The SMILES string of the molecule is CN(C)CCn1ccc(NC(=O)CC2COCCN2)n1.Cl.Cl. The molecule has 1 aromatic heterocycles. The standard InChI is InChI=1S/C13H23N5O2.2ClH/c1-17(2)6-7-18-5-3-12(16-18)15-13(19)9-11-10-20-8-4-14-11;;/h3,5,11,14H,4,6-10H2,1-2H3,(H,15,16,19);2*1H. The average molecular weight is 354 g/mol. The lowest BCUT2D eigenvalue weighted by atomic mass is 10.2. The lowest BCUT2D eigenvalue weighted by molar-refractivity contribution is -0.117. The molecule has 0 saturated carbocycles. The summed E-state index contributed by atoms with van der Waals surface area (Å²) in [4.78, 5) is 14.0. The van der Waals surface area contributed by atoms with E-state index in [4.69, 9.17) is 4.74 Å². The molecule has 22 heavy (non-hydrogen) atoms. The van der Waals surface area contributed by atoms with Crippen LogP contribution in [-0.4, -0.2) is 67.0 Å². The molecular weight excluding hydrogens is 329 g/mol. The maximum atomic E-state index is 11.9. The zero-order chi connectivity index (χ0) is 14.4. The maximum absolute atomic E-state index is 11.9. The molecule has 7 nitrogen and oxygen atoms in total. The summed E-state index contributed by atoms with van der Waals surface area (Å²) >= 11 is 0. The molecule has 1 atom stereocenters. The summed E-state index contributed by atoms with van der Waals surface area (Å²) in [5.74, 6) is 0.566. The number of hydrogen-bond donors (Lipinski definition) is 2. The number of anilines is 1. The number of nitrogens with zero attached hydrogens (tertiary/aromatic N) is 3. The van der Waals surface area contributed by atoms with Crippen molar-refractivity contribution in [3.8, 4) is 0 Å². The second-order valence-corrected chi connectivity index (χ2v) is 5.25. The number of carbonyl (C=O) groups excluding carboxylic acids is 1. The molecular formula is C13H25Cl2N5O2. The summed E-state index contributed by atoms with van der Waals surface area (Å²) in [7, 11) is 4.04. The molecule has 0 aromatic carbocycles. The van der Waals surface area contributed by atoms with E-state index in [1.54, 1.807) is 0 Å². The van der Waals surface area contributed by atoms with Crippen molar-refractivity contribution in [1.29, 1.82) is 0 Å². The molecule has 0 spiro atoms. The van der Waals surface area contributed by atoms with Crippen LogP contribution in [0.15, 0.2) is 12.3 Å². The van der Waals surface area contributed by atoms with Gasteiger partial charge in [-0.25, -0.2) is 0 Å². The first-order chi connectivity index (χ1) is 9.63. The van der Waals surface area contributed by atoms with Gasteiger partial charge in [0.05, 0.1) is 19.8 Å². The molecule has 1 unspecified atom stereocenters. The Balaban J connectivity index is 0.00000220. The van der Waals surface area contributed by atoms with E-state index in [1.165, 1.54) is 0 Å². The van der Waals surface area contributed by atoms with Crippen molar-refractivity contribution < 1.29 is 9.53 Å². The third-order valence-corrected chi connectivity index (χ3v) is 3.11. The number of aromatic nitrogens is 2. The predicted molar refractivity (Wildman–Crippen MR) is 91.1 cm³/mol. The third kappa shape index (κ3) is 7.42. The molecule has 2 heterocycles. The topological polar surface area (TPSA) is 71.4 Å². The molecule has 0 aliphatic carbocycles. The van der Waals surface area contributed by atoms with E-state index in [2.05, 4.69) is 20.6 Å². The van der Waals surface area contributed by atoms with Gasteiger partial charge >= 0.3 is 0 Å². The van der Waals surface area contributed by atoms with Crippen molar-refractivity contribution in [1.82, 2.24) is 20.0 Å². The van der Waals surface area contributed by atoms with E-state index in [0.29, 0.717) is 25.5 Å². The number of hydrogen-bond acceptors (Lipinski definition) is 5. The Morgan fingerprint density at radius 2 is 2.32 bits per heavy atom.